The van der Waals surface area contributed by atoms with Crippen LogP contribution in [0.2, 0.25) is 0 Å². The summed E-state index contributed by atoms with van der Waals surface area (Å²) in [6.45, 7) is 15.6. The van der Waals surface area contributed by atoms with Crippen molar-refractivity contribution in [3.05, 3.63) is 29.3 Å². The van der Waals surface area contributed by atoms with E-state index in [2.05, 4.69) is 18.8 Å². The summed E-state index contributed by atoms with van der Waals surface area (Å²) in [5, 5.41) is 0. The van der Waals surface area contributed by atoms with E-state index >= 15 is 0 Å². The fourth-order valence-electron chi connectivity index (χ4n) is 3.12. The molecule has 166 valence electrons. The molecular weight excluding hydrogens is 382 g/mol. The molecule has 0 radical (unpaired) electrons. The van der Waals surface area contributed by atoms with Crippen LogP contribution >= 0.6 is 0 Å². The first-order chi connectivity index (χ1) is 13.8. The Morgan fingerprint density at radius 1 is 0.867 bits per heavy atom. The van der Waals surface area contributed by atoms with Crippen LogP contribution in [0, 0.1) is 0 Å². The lowest BCUT2D eigenvalue weighted by molar-refractivity contribution is 0.0375. The molecular formula is C23H35N3O4. The van der Waals surface area contributed by atoms with Gasteiger partial charge in [0.25, 0.3) is 0 Å². The van der Waals surface area contributed by atoms with Crippen molar-refractivity contribution in [2.75, 3.05) is 13.1 Å². The molecule has 0 N–H and O–H groups in total. The summed E-state index contributed by atoms with van der Waals surface area (Å²) in [6, 6.07) is 5.96. The van der Waals surface area contributed by atoms with Crippen LogP contribution in [0.25, 0.3) is 0 Å². The van der Waals surface area contributed by atoms with Gasteiger partial charge < -0.3 is 9.47 Å². The first kappa shape index (κ1) is 23.7. The standard InChI is InChI=1S/C23H35N3O4/c1-9-16-11-12-18(15-17(16)10-2)24-19-25(20(27)29-22(3,4)5)13-14-26(19)21(28)30-23(6,7)8/h11-12,15H,9-10,13-14H2,1-8H3. The van der Waals surface area contributed by atoms with Crippen LogP contribution in [0.15, 0.2) is 23.2 Å². The van der Waals surface area contributed by atoms with Gasteiger partial charge in [-0.05, 0) is 77.6 Å². The van der Waals surface area contributed by atoms with Crippen LogP contribution in [0.4, 0.5) is 15.3 Å². The fourth-order valence-corrected chi connectivity index (χ4v) is 3.12. The second-order valence-electron chi connectivity index (χ2n) is 9.34. The number of guanidine groups is 1. The second-order valence-corrected chi connectivity index (χ2v) is 9.34. The summed E-state index contributed by atoms with van der Waals surface area (Å²) < 4.78 is 11.1. The van der Waals surface area contributed by atoms with E-state index in [0.717, 1.165) is 12.8 Å². The van der Waals surface area contributed by atoms with Crippen LogP contribution in [0.5, 0.6) is 0 Å². The predicted octanol–water partition coefficient (Wildman–Crippen LogP) is 5.29. The van der Waals surface area contributed by atoms with Crippen molar-refractivity contribution in [2.24, 2.45) is 4.99 Å². The van der Waals surface area contributed by atoms with Gasteiger partial charge in [-0.15, -0.1) is 0 Å². The van der Waals surface area contributed by atoms with E-state index in [0.29, 0.717) is 18.8 Å². The van der Waals surface area contributed by atoms with E-state index in [4.69, 9.17) is 9.47 Å². The number of hydrogen-bond donors (Lipinski definition) is 0. The Hall–Kier alpha value is -2.57. The van der Waals surface area contributed by atoms with E-state index in [1.54, 1.807) is 41.5 Å². The summed E-state index contributed by atoms with van der Waals surface area (Å²) in [5.41, 5.74) is 1.84. The van der Waals surface area contributed by atoms with E-state index in [1.807, 2.05) is 18.2 Å². The van der Waals surface area contributed by atoms with Crippen LogP contribution < -0.4 is 0 Å². The van der Waals surface area contributed by atoms with Crippen molar-refractivity contribution in [1.82, 2.24) is 9.80 Å². The Balaban J connectivity index is 2.44. The smallest absolute Gasteiger partial charge is 0.417 e. The van der Waals surface area contributed by atoms with Crippen molar-refractivity contribution in [3.8, 4) is 0 Å². The highest BCUT2D eigenvalue weighted by Crippen LogP contribution is 2.24. The molecule has 7 heteroatoms. The third-order valence-electron chi connectivity index (χ3n) is 4.44. The zero-order valence-electron chi connectivity index (χ0n) is 19.5. The molecule has 1 saturated heterocycles. The lowest BCUT2D eigenvalue weighted by Gasteiger charge is -2.27. The highest BCUT2D eigenvalue weighted by atomic mass is 16.6. The Morgan fingerprint density at radius 2 is 1.33 bits per heavy atom. The van der Waals surface area contributed by atoms with E-state index < -0.39 is 23.4 Å². The molecule has 2 amide bonds. The first-order valence-corrected chi connectivity index (χ1v) is 10.6. The van der Waals surface area contributed by atoms with Gasteiger partial charge in [0, 0.05) is 0 Å². The number of aryl methyl sites for hydroxylation is 2. The highest BCUT2D eigenvalue weighted by molar-refractivity contribution is 6.04. The number of carbonyl (C=O) groups excluding carboxylic acids is 2. The fraction of sp³-hybridized carbons (Fsp3) is 0.609. The molecule has 0 aromatic heterocycles. The Labute approximate surface area is 180 Å². The molecule has 0 aliphatic carbocycles. The molecule has 2 rings (SSSR count). The minimum atomic E-state index is -0.653. The molecule has 0 atom stereocenters. The summed E-state index contributed by atoms with van der Waals surface area (Å²) >= 11 is 0. The number of amides is 2. The molecule has 30 heavy (non-hydrogen) atoms. The zero-order chi connectivity index (χ0) is 22.7. The van der Waals surface area contributed by atoms with Crippen molar-refractivity contribution >= 4 is 23.8 Å². The maximum Gasteiger partial charge on any atom is 0.417 e. The molecule has 0 unspecified atom stereocenters. The third kappa shape index (κ3) is 6.21. The van der Waals surface area contributed by atoms with E-state index in [1.165, 1.54) is 20.9 Å². The summed E-state index contributed by atoms with van der Waals surface area (Å²) in [7, 11) is 0. The minimum absolute atomic E-state index is 0.227. The molecule has 0 bridgehead atoms. The van der Waals surface area contributed by atoms with Crippen LogP contribution in [-0.2, 0) is 22.3 Å². The molecule has 7 nitrogen and oxygen atoms in total. The van der Waals surface area contributed by atoms with Crippen LogP contribution in [0.3, 0.4) is 0 Å². The van der Waals surface area contributed by atoms with E-state index in [-0.39, 0.29) is 5.96 Å². The minimum Gasteiger partial charge on any atom is -0.443 e. The molecule has 1 aromatic rings. The number of nitrogens with zero attached hydrogens (tertiary/aromatic N) is 3. The number of ether oxygens (including phenoxy) is 2. The average molecular weight is 418 g/mol. The SMILES string of the molecule is CCc1ccc(N=C2N(C(=O)OC(C)(C)C)CCN2C(=O)OC(C)(C)C)cc1CC. The predicted molar refractivity (Wildman–Crippen MR) is 118 cm³/mol. The quantitative estimate of drug-likeness (QED) is 0.670. The molecule has 1 aliphatic heterocycles. The maximum atomic E-state index is 12.8. The number of hydrogen-bond acceptors (Lipinski definition) is 5. The van der Waals surface area contributed by atoms with Gasteiger partial charge in [0.1, 0.15) is 11.2 Å². The van der Waals surface area contributed by atoms with Gasteiger partial charge in [0.05, 0.1) is 18.8 Å². The molecule has 1 aliphatic rings. The number of rotatable bonds is 3. The van der Waals surface area contributed by atoms with Gasteiger partial charge in [0.15, 0.2) is 0 Å². The molecule has 0 spiro atoms. The second kappa shape index (κ2) is 9.06. The Bertz CT molecular complexity index is 781. The van der Waals surface area contributed by atoms with Gasteiger partial charge >= 0.3 is 12.2 Å². The van der Waals surface area contributed by atoms with Gasteiger partial charge in [-0.1, -0.05) is 19.9 Å². The molecule has 1 heterocycles. The maximum absolute atomic E-state index is 12.8. The van der Waals surface area contributed by atoms with Gasteiger partial charge in [-0.2, -0.15) is 0 Å². The van der Waals surface area contributed by atoms with Crippen molar-refractivity contribution in [1.29, 1.82) is 0 Å². The number of benzene rings is 1. The number of carbonyl (C=O) groups is 2. The molecule has 1 aromatic carbocycles. The lowest BCUT2D eigenvalue weighted by Crippen LogP contribution is -2.44. The normalized spacial score (nSPS) is 14.7. The Morgan fingerprint density at radius 3 is 1.73 bits per heavy atom. The topological polar surface area (TPSA) is 71.4 Å². The summed E-state index contributed by atoms with van der Waals surface area (Å²) in [5.74, 6) is 0.227. The van der Waals surface area contributed by atoms with Crippen LogP contribution in [-0.4, -0.2) is 52.2 Å². The molecule has 0 saturated carbocycles. The third-order valence-corrected chi connectivity index (χ3v) is 4.44. The van der Waals surface area contributed by atoms with Gasteiger partial charge in [-0.25, -0.2) is 24.4 Å². The first-order valence-electron chi connectivity index (χ1n) is 10.6. The monoisotopic (exact) mass is 417 g/mol. The van der Waals surface area contributed by atoms with Crippen molar-refractivity contribution < 1.29 is 19.1 Å². The van der Waals surface area contributed by atoms with Crippen molar-refractivity contribution in [3.63, 3.8) is 0 Å². The van der Waals surface area contributed by atoms with Crippen molar-refractivity contribution in [2.45, 2.75) is 79.4 Å². The highest BCUT2D eigenvalue weighted by Gasteiger charge is 2.39. The zero-order valence-corrected chi connectivity index (χ0v) is 19.5. The lowest BCUT2D eigenvalue weighted by atomic mass is 10.0. The largest absolute Gasteiger partial charge is 0.443 e. The van der Waals surface area contributed by atoms with Gasteiger partial charge in [-0.3, -0.25) is 0 Å². The number of aliphatic imine (C=N–C) groups is 1. The van der Waals surface area contributed by atoms with E-state index in [9.17, 15) is 9.59 Å². The summed E-state index contributed by atoms with van der Waals surface area (Å²) in [6.07, 6.45) is 0.753. The molecule has 1 fully saturated rings. The van der Waals surface area contributed by atoms with Gasteiger partial charge in [0.2, 0.25) is 5.96 Å². The van der Waals surface area contributed by atoms with Crippen LogP contribution in [0.1, 0.15) is 66.5 Å². The summed E-state index contributed by atoms with van der Waals surface area (Å²) in [4.78, 5) is 33.0. The Kier molecular flexibility index (Phi) is 7.16. The average Bonchev–Trinajstić information content (AvgIpc) is 3.02.